The van der Waals surface area contributed by atoms with Gasteiger partial charge in [-0.15, -0.1) is 12.4 Å². The molecule has 0 fully saturated rings. The number of carbonyl (C=O) groups excluding carboxylic acids is 2. The summed E-state index contributed by atoms with van der Waals surface area (Å²) in [5, 5.41) is 5.30. The molecule has 0 radical (unpaired) electrons. The Morgan fingerprint density at radius 3 is 2.36 bits per heavy atom. The minimum Gasteiger partial charge on any atom is -0.497 e. The predicted octanol–water partition coefficient (Wildman–Crippen LogP) is 0.977. The molecule has 0 aliphatic heterocycles. The lowest BCUT2D eigenvalue weighted by Gasteiger charge is -2.08. The number of halogens is 1. The van der Waals surface area contributed by atoms with Crippen LogP contribution in [0.3, 0.4) is 0 Å². The van der Waals surface area contributed by atoms with E-state index in [4.69, 9.17) is 10.5 Å². The summed E-state index contributed by atoms with van der Waals surface area (Å²) in [7, 11) is 1.60. The Morgan fingerprint density at radius 2 is 1.82 bits per heavy atom. The highest BCUT2D eigenvalue weighted by Crippen LogP contribution is 2.10. The molecule has 124 valence electrons. The van der Waals surface area contributed by atoms with Crippen molar-refractivity contribution in [3.63, 3.8) is 0 Å². The zero-order valence-corrected chi connectivity index (χ0v) is 13.7. The van der Waals surface area contributed by atoms with Gasteiger partial charge in [0.15, 0.2) is 0 Å². The molecule has 0 bridgehead atoms. The molecule has 2 amide bonds. The molecule has 22 heavy (non-hydrogen) atoms. The van der Waals surface area contributed by atoms with E-state index in [1.54, 1.807) is 7.11 Å². The molecule has 0 saturated heterocycles. The van der Waals surface area contributed by atoms with Crippen LogP contribution in [0.25, 0.3) is 0 Å². The first-order chi connectivity index (χ1) is 10.0. The van der Waals surface area contributed by atoms with Gasteiger partial charge < -0.3 is 21.1 Å². The molecular formula is C15H24ClN3O3. The van der Waals surface area contributed by atoms with Crippen molar-refractivity contribution in [3.05, 3.63) is 29.8 Å². The van der Waals surface area contributed by atoms with Crippen molar-refractivity contribution in [2.45, 2.75) is 32.4 Å². The van der Waals surface area contributed by atoms with Crippen LogP contribution in [0.2, 0.25) is 0 Å². The zero-order chi connectivity index (χ0) is 15.7. The fourth-order valence-corrected chi connectivity index (χ4v) is 1.63. The molecule has 6 nitrogen and oxygen atoms in total. The third kappa shape index (κ3) is 8.49. The maximum atomic E-state index is 11.6. The number of amides is 2. The van der Waals surface area contributed by atoms with Crippen molar-refractivity contribution in [3.8, 4) is 5.75 Å². The quantitative estimate of drug-likeness (QED) is 0.662. The summed E-state index contributed by atoms with van der Waals surface area (Å²) in [6.45, 7) is 2.24. The first kappa shape index (κ1) is 20.2. The highest BCUT2D eigenvalue weighted by atomic mass is 35.5. The van der Waals surface area contributed by atoms with Crippen LogP contribution in [0, 0.1) is 0 Å². The van der Waals surface area contributed by atoms with Crippen LogP contribution in [0.15, 0.2) is 24.3 Å². The van der Waals surface area contributed by atoms with E-state index in [1.165, 1.54) is 0 Å². The molecule has 0 spiro atoms. The molecular weight excluding hydrogens is 306 g/mol. The Kier molecular flexibility index (Phi) is 9.98. The molecule has 0 saturated carbocycles. The highest BCUT2D eigenvalue weighted by Gasteiger charge is 2.06. The molecule has 0 aliphatic carbocycles. The number of ether oxygens (including phenoxy) is 1. The average molecular weight is 330 g/mol. The molecule has 7 heteroatoms. The minimum absolute atomic E-state index is 0. The van der Waals surface area contributed by atoms with Crippen LogP contribution in [0.5, 0.6) is 5.75 Å². The third-order valence-electron chi connectivity index (χ3n) is 2.92. The summed E-state index contributed by atoms with van der Waals surface area (Å²) in [5.41, 5.74) is 6.53. The van der Waals surface area contributed by atoms with Gasteiger partial charge in [0.1, 0.15) is 5.75 Å². The molecule has 1 aromatic rings. The van der Waals surface area contributed by atoms with E-state index in [0.717, 1.165) is 11.3 Å². The number of hydrogen-bond donors (Lipinski definition) is 3. The number of nitrogens with two attached hydrogens (primary N) is 1. The summed E-state index contributed by atoms with van der Waals surface area (Å²) in [5.74, 6) is 0.387. The second kappa shape index (κ2) is 10.9. The smallest absolute Gasteiger partial charge is 0.239 e. The lowest BCUT2D eigenvalue weighted by molar-refractivity contribution is -0.126. The number of carbonyl (C=O) groups is 2. The number of rotatable bonds is 8. The van der Waals surface area contributed by atoms with E-state index in [-0.39, 0.29) is 36.8 Å². The van der Waals surface area contributed by atoms with Crippen molar-refractivity contribution in [1.82, 2.24) is 10.6 Å². The topological polar surface area (TPSA) is 93.5 Å². The van der Waals surface area contributed by atoms with Crippen molar-refractivity contribution in [2.24, 2.45) is 5.73 Å². The normalized spacial score (nSPS) is 11.0. The lowest BCUT2D eigenvalue weighted by Crippen LogP contribution is -2.37. The monoisotopic (exact) mass is 329 g/mol. The molecule has 1 aromatic carbocycles. The van der Waals surface area contributed by atoms with E-state index in [9.17, 15) is 9.59 Å². The fraction of sp³-hybridized carbons (Fsp3) is 0.467. The first-order valence-corrected chi connectivity index (χ1v) is 6.93. The Hall–Kier alpha value is -1.79. The van der Waals surface area contributed by atoms with Crippen molar-refractivity contribution >= 4 is 24.2 Å². The first-order valence-electron chi connectivity index (χ1n) is 6.93. The SMILES string of the molecule is COc1ccc(CNC(=O)CNC(=O)CCC(C)N)cc1.Cl. The van der Waals surface area contributed by atoms with Gasteiger partial charge in [-0.2, -0.15) is 0 Å². The number of methoxy groups -OCH3 is 1. The predicted molar refractivity (Wildman–Crippen MR) is 88.0 cm³/mol. The summed E-state index contributed by atoms with van der Waals surface area (Å²) >= 11 is 0. The summed E-state index contributed by atoms with van der Waals surface area (Å²) in [4.78, 5) is 23.0. The van der Waals surface area contributed by atoms with E-state index in [1.807, 2.05) is 31.2 Å². The largest absolute Gasteiger partial charge is 0.497 e. The van der Waals surface area contributed by atoms with Crippen LogP contribution in [-0.2, 0) is 16.1 Å². The Bertz CT molecular complexity index is 464. The molecule has 1 atom stereocenters. The van der Waals surface area contributed by atoms with E-state index in [2.05, 4.69) is 10.6 Å². The van der Waals surface area contributed by atoms with Crippen molar-refractivity contribution in [1.29, 1.82) is 0 Å². The maximum Gasteiger partial charge on any atom is 0.239 e. The second-order valence-corrected chi connectivity index (χ2v) is 4.92. The van der Waals surface area contributed by atoms with Gasteiger partial charge in [-0.05, 0) is 31.0 Å². The van der Waals surface area contributed by atoms with Crippen molar-refractivity contribution < 1.29 is 14.3 Å². The van der Waals surface area contributed by atoms with Crippen LogP contribution in [0.1, 0.15) is 25.3 Å². The van der Waals surface area contributed by atoms with Gasteiger partial charge in [-0.1, -0.05) is 12.1 Å². The van der Waals surface area contributed by atoms with Gasteiger partial charge in [0, 0.05) is 19.0 Å². The van der Waals surface area contributed by atoms with E-state index < -0.39 is 0 Å². The van der Waals surface area contributed by atoms with Gasteiger partial charge in [0.2, 0.25) is 11.8 Å². The molecule has 0 aliphatic rings. The Labute approximate surface area is 137 Å². The average Bonchev–Trinajstić information content (AvgIpc) is 2.49. The van der Waals surface area contributed by atoms with Crippen LogP contribution >= 0.6 is 12.4 Å². The van der Waals surface area contributed by atoms with E-state index >= 15 is 0 Å². The maximum absolute atomic E-state index is 11.6. The van der Waals surface area contributed by atoms with Gasteiger partial charge in [0.05, 0.1) is 13.7 Å². The minimum atomic E-state index is -0.222. The summed E-state index contributed by atoms with van der Waals surface area (Å²) in [6, 6.07) is 7.40. The zero-order valence-electron chi connectivity index (χ0n) is 12.9. The number of benzene rings is 1. The summed E-state index contributed by atoms with van der Waals surface area (Å²) in [6.07, 6.45) is 0.947. The Balaban J connectivity index is 0.00000441. The van der Waals surface area contributed by atoms with Crippen LogP contribution < -0.4 is 21.1 Å². The lowest BCUT2D eigenvalue weighted by atomic mass is 10.2. The van der Waals surface area contributed by atoms with Gasteiger partial charge >= 0.3 is 0 Å². The van der Waals surface area contributed by atoms with Crippen LogP contribution in [0.4, 0.5) is 0 Å². The molecule has 4 N–H and O–H groups in total. The summed E-state index contributed by atoms with van der Waals surface area (Å²) < 4.78 is 5.06. The molecule has 1 rings (SSSR count). The van der Waals surface area contributed by atoms with Crippen molar-refractivity contribution in [2.75, 3.05) is 13.7 Å². The van der Waals surface area contributed by atoms with Crippen LogP contribution in [-0.4, -0.2) is 31.5 Å². The van der Waals surface area contributed by atoms with Gasteiger partial charge in [0.25, 0.3) is 0 Å². The third-order valence-corrected chi connectivity index (χ3v) is 2.92. The number of nitrogens with one attached hydrogen (secondary N) is 2. The molecule has 0 heterocycles. The Morgan fingerprint density at radius 1 is 1.18 bits per heavy atom. The van der Waals surface area contributed by atoms with Gasteiger partial charge in [-0.3, -0.25) is 9.59 Å². The number of hydrogen-bond acceptors (Lipinski definition) is 4. The molecule has 1 unspecified atom stereocenters. The fourth-order valence-electron chi connectivity index (χ4n) is 1.63. The standard InChI is InChI=1S/C15H23N3O3.ClH/c1-11(16)3-8-14(19)18-10-15(20)17-9-12-4-6-13(21-2)7-5-12;/h4-7,11H,3,8-10,16H2,1-2H3,(H,17,20)(H,18,19);1H. The van der Waals surface area contributed by atoms with Gasteiger partial charge in [-0.25, -0.2) is 0 Å². The highest BCUT2D eigenvalue weighted by molar-refractivity contribution is 5.85. The molecule has 0 aromatic heterocycles. The van der Waals surface area contributed by atoms with E-state index in [0.29, 0.717) is 19.4 Å². The second-order valence-electron chi connectivity index (χ2n) is 4.92.